The van der Waals surface area contributed by atoms with Crippen molar-refractivity contribution < 1.29 is 0 Å². The summed E-state index contributed by atoms with van der Waals surface area (Å²) in [6.07, 6.45) is 11.7. The van der Waals surface area contributed by atoms with Gasteiger partial charge in [-0.15, -0.1) is 0 Å². The van der Waals surface area contributed by atoms with E-state index in [0.717, 1.165) is 18.1 Å². The maximum absolute atomic E-state index is 3.71. The molecular weight excluding hydrogens is 184 g/mol. The number of fused-ring (bicyclic) bond motifs is 1. The van der Waals surface area contributed by atoms with Crippen molar-refractivity contribution in [1.82, 2.24) is 10.2 Å². The van der Waals surface area contributed by atoms with E-state index in [9.17, 15) is 0 Å². The summed E-state index contributed by atoms with van der Waals surface area (Å²) in [6, 6.07) is 2.66. The van der Waals surface area contributed by atoms with Crippen LogP contribution in [0.1, 0.15) is 51.4 Å². The standard InChI is InChI=1S/C13H24N2/c1-2-5-11(6-3-1)15-10-9-14-12-7-4-8-13(12)15/h11-14H,1-10H2/t12-,13-/m1/s1. The van der Waals surface area contributed by atoms with Crippen LogP contribution in [0, 0.1) is 0 Å². The Labute approximate surface area is 93.4 Å². The highest BCUT2D eigenvalue weighted by atomic mass is 15.3. The molecule has 2 nitrogen and oxygen atoms in total. The minimum absolute atomic E-state index is 0.834. The Balaban J connectivity index is 1.67. The van der Waals surface area contributed by atoms with Crippen LogP contribution in [0.3, 0.4) is 0 Å². The maximum Gasteiger partial charge on any atom is 0.0252 e. The molecule has 0 spiro atoms. The summed E-state index contributed by atoms with van der Waals surface area (Å²) in [4.78, 5) is 2.87. The molecule has 86 valence electrons. The SMILES string of the molecule is C1CCC(N2CCN[C@@H]3CCC[C@H]32)CC1. The maximum atomic E-state index is 3.71. The number of piperazine rings is 1. The van der Waals surface area contributed by atoms with Gasteiger partial charge in [-0.05, 0) is 25.7 Å². The van der Waals surface area contributed by atoms with Crippen LogP contribution in [0.25, 0.3) is 0 Å². The van der Waals surface area contributed by atoms with Gasteiger partial charge in [-0.2, -0.15) is 0 Å². The van der Waals surface area contributed by atoms with Gasteiger partial charge in [0.1, 0.15) is 0 Å². The van der Waals surface area contributed by atoms with E-state index in [-0.39, 0.29) is 0 Å². The van der Waals surface area contributed by atoms with Crippen molar-refractivity contribution >= 4 is 0 Å². The summed E-state index contributed by atoms with van der Waals surface area (Å²) in [5.41, 5.74) is 0. The molecule has 3 aliphatic rings. The summed E-state index contributed by atoms with van der Waals surface area (Å²) in [7, 11) is 0. The fraction of sp³-hybridized carbons (Fsp3) is 1.00. The summed E-state index contributed by atoms with van der Waals surface area (Å²) >= 11 is 0. The Morgan fingerprint density at radius 3 is 2.60 bits per heavy atom. The van der Waals surface area contributed by atoms with E-state index >= 15 is 0 Å². The number of hydrogen-bond donors (Lipinski definition) is 1. The fourth-order valence-corrected chi connectivity index (χ4v) is 3.99. The molecule has 15 heavy (non-hydrogen) atoms. The fourth-order valence-electron chi connectivity index (χ4n) is 3.99. The highest BCUT2D eigenvalue weighted by Gasteiger charge is 2.37. The van der Waals surface area contributed by atoms with Crippen molar-refractivity contribution in [2.45, 2.75) is 69.5 Å². The third-order valence-electron chi connectivity index (χ3n) is 4.73. The average molecular weight is 208 g/mol. The van der Waals surface area contributed by atoms with Gasteiger partial charge in [0.25, 0.3) is 0 Å². The molecule has 0 bridgehead atoms. The van der Waals surface area contributed by atoms with Gasteiger partial charge < -0.3 is 5.32 Å². The molecule has 3 rings (SSSR count). The van der Waals surface area contributed by atoms with E-state index in [2.05, 4.69) is 10.2 Å². The molecule has 0 unspecified atom stereocenters. The van der Waals surface area contributed by atoms with Crippen molar-refractivity contribution in [2.75, 3.05) is 13.1 Å². The predicted molar refractivity (Wildman–Crippen MR) is 63.0 cm³/mol. The lowest BCUT2D eigenvalue weighted by molar-refractivity contribution is 0.0670. The summed E-state index contributed by atoms with van der Waals surface area (Å²) in [5, 5.41) is 3.71. The van der Waals surface area contributed by atoms with E-state index in [1.165, 1.54) is 64.5 Å². The first-order valence-electron chi connectivity index (χ1n) is 6.94. The topological polar surface area (TPSA) is 15.3 Å². The molecule has 2 atom stereocenters. The molecule has 1 aliphatic heterocycles. The van der Waals surface area contributed by atoms with Crippen LogP contribution in [0.5, 0.6) is 0 Å². The van der Waals surface area contributed by atoms with Crippen molar-refractivity contribution in [3.8, 4) is 0 Å². The summed E-state index contributed by atoms with van der Waals surface area (Å²) < 4.78 is 0. The van der Waals surface area contributed by atoms with E-state index < -0.39 is 0 Å². The molecule has 2 aliphatic carbocycles. The third kappa shape index (κ3) is 1.94. The second-order valence-electron chi connectivity index (χ2n) is 5.59. The molecule has 1 saturated heterocycles. The van der Waals surface area contributed by atoms with Crippen LogP contribution in [-0.4, -0.2) is 36.1 Å². The molecule has 0 aromatic carbocycles. The molecular formula is C13H24N2. The zero-order valence-electron chi connectivity index (χ0n) is 9.75. The highest BCUT2D eigenvalue weighted by Crippen LogP contribution is 2.32. The van der Waals surface area contributed by atoms with Crippen LogP contribution in [0.4, 0.5) is 0 Å². The highest BCUT2D eigenvalue weighted by molar-refractivity contribution is 4.96. The number of hydrogen-bond acceptors (Lipinski definition) is 2. The minimum atomic E-state index is 0.834. The first-order chi connectivity index (χ1) is 7.45. The first-order valence-corrected chi connectivity index (χ1v) is 6.94. The third-order valence-corrected chi connectivity index (χ3v) is 4.73. The van der Waals surface area contributed by atoms with Crippen molar-refractivity contribution in [3.63, 3.8) is 0 Å². The van der Waals surface area contributed by atoms with Crippen LogP contribution in [0.2, 0.25) is 0 Å². The van der Waals surface area contributed by atoms with Crippen LogP contribution in [0.15, 0.2) is 0 Å². The number of nitrogens with one attached hydrogen (secondary N) is 1. The Morgan fingerprint density at radius 2 is 1.73 bits per heavy atom. The van der Waals surface area contributed by atoms with E-state index in [1.54, 1.807) is 0 Å². The van der Waals surface area contributed by atoms with Crippen molar-refractivity contribution in [3.05, 3.63) is 0 Å². The number of rotatable bonds is 1. The van der Waals surface area contributed by atoms with Gasteiger partial charge in [-0.1, -0.05) is 25.7 Å². The molecule has 2 saturated carbocycles. The molecule has 0 aromatic rings. The Morgan fingerprint density at radius 1 is 0.867 bits per heavy atom. The smallest absolute Gasteiger partial charge is 0.0252 e. The van der Waals surface area contributed by atoms with Gasteiger partial charge in [-0.3, -0.25) is 4.90 Å². The van der Waals surface area contributed by atoms with E-state index in [1.807, 2.05) is 0 Å². The monoisotopic (exact) mass is 208 g/mol. The van der Waals surface area contributed by atoms with Crippen LogP contribution < -0.4 is 5.32 Å². The van der Waals surface area contributed by atoms with Gasteiger partial charge >= 0.3 is 0 Å². The van der Waals surface area contributed by atoms with E-state index in [0.29, 0.717) is 0 Å². The Bertz CT molecular complexity index is 211. The zero-order valence-corrected chi connectivity index (χ0v) is 9.75. The lowest BCUT2D eigenvalue weighted by Gasteiger charge is -2.44. The molecule has 0 radical (unpaired) electrons. The lowest BCUT2D eigenvalue weighted by Crippen LogP contribution is -2.58. The Kier molecular flexibility index (Phi) is 2.98. The van der Waals surface area contributed by atoms with Gasteiger partial charge in [0.15, 0.2) is 0 Å². The molecule has 1 heterocycles. The minimum Gasteiger partial charge on any atom is -0.311 e. The van der Waals surface area contributed by atoms with E-state index in [4.69, 9.17) is 0 Å². The normalized spacial score (nSPS) is 39.2. The average Bonchev–Trinajstić information content (AvgIpc) is 2.78. The zero-order chi connectivity index (χ0) is 10.1. The quantitative estimate of drug-likeness (QED) is 0.710. The summed E-state index contributed by atoms with van der Waals surface area (Å²) in [5.74, 6) is 0. The van der Waals surface area contributed by atoms with Crippen molar-refractivity contribution in [1.29, 1.82) is 0 Å². The number of nitrogens with zero attached hydrogens (tertiary/aromatic N) is 1. The van der Waals surface area contributed by atoms with Crippen molar-refractivity contribution in [2.24, 2.45) is 0 Å². The molecule has 1 N–H and O–H groups in total. The predicted octanol–water partition coefficient (Wildman–Crippen LogP) is 2.15. The van der Waals surface area contributed by atoms with Gasteiger partial charge in [0, 0.05) is 31.2 Å². The van der Waals surface area contributed by atoms with Crippen LogP contribution in [-0.2, 0) is 0 Å². The van der Waals surface area contributed by atoms with Gasteiger partial charge in [-0.25, -0.2) is 0 Å². The molecule has 2 heteroatoms. The van der Waals surface area contributed by atoms with Gasteiger partial charge in [0.2, 0.25) is 0 Å². The summed E-state index contributed by atoms with van der Waals surface area (Å²) in [6.45, 7) is 2.55. The molecule has 0 amide bonds. The first kappa shape index (κ1) is 10.1. The second-order valence-corrected chi connectivity index (χ2v) is 5.59. The van der Waals surface area contributed by atoms with Crippen LogP contribution >= 0.6 is 0 Å². The largest absolute Gasteiger partial charge is 0.311 e. The molecule has 3 fully saturated rings. The second kappa shape index (κ2) is 4.42. The molecule has 0 aromatic heterocycles. The van der Waals surface area contributed by atoms with Gasteiger partial charge in [0.05, 0.1) is 0 Å². The lowest BCUT2D eigenvalue weighted by atomic mass is 9.91. The Hall–Kier alpha value is -0.0800.